The van der Waals surface area contributed by atoms with Gasteiger partial charge in [-0.2, -0.15) is 8.42 Å². The minimum absolute atomic E-state index is 0.137. The van der Waals surface area contributed by atoms with E-state index < -0.39 is 48.9 Å². The summed E-state index contributed by atoms with van der Waals surface area (Å²) in [5.74, 6) is -0.268. The van der Waals surface area contributed by atoms with Crippen molar-refractivity contribution in [2.75, 3.05) is 90.4 Å². The summed E-state index contributed by atoms with van der Waals surface area (Å²) in [6.07, 6.45) is 13.3. The molecule has 64 heavy (non-hydrogen) atoms. The molecule has 0 radical (unpaired) electrons. The number of fused-ring (bicyclic) bond motifs is 4. The second-order valence-electron chi connectivity index (χ2n) is 19.1. The van der Waals surface area contributed by atoms with Crippen molar-refractivity contribution in [1.29, 1.82) is 0 Å². The molecule has 5 aliphatic heterocycles. The van der Waals surface area contributed by atoms with Crippen LogP contribution in [0.3, 0.4) is 0 Å². The molecule has 2 aromatic rings. The Morgan fingerprint density at radius 3 is 2.61 bits per heavy atom. The van der Waals surface area contributed by atoms with Crippen LogP contribution in [0, 0.1) is 17.8 Å². The van der Waals surface area contributed by atoms with Gasteiger partial charge in [0.05, 0.1) is 36.5 Å². The van der Waals surface area contributed by atoms with E-state index in [0.29, 0.717) is 61.6 Å². The predicted molar refractivity (Wildman–Crippen MR) is 249 cm³/mol. The molecule has 1 unspecified atom stereocenters. The minimum atomic E-state index is -4.38. The highest BCUT2D eigenvalue weighted by Gasteiger charge is 2.49. The monoisotopic (exact) mass is 945 g/mol. The van der Waals surface area contributed by atoms with Crippen molar-refractivity contribution in [3.63, 3.8) is 0 Å². The minimum Gasteiger partial charge on any atom is -0.486 e. The summed E-state index contributed by atoms with van der Waals surface area (Å²) in [4.78, 5) is 22.1. The number of aryl methyl sites for hydroxylation is 1. The number of sulfonamides is 1. The zero-order valence-corrected chi connectivity index (χ0v) is 40.2. The van der Waals surface area contributed by atoms with Crippen molar-refractivity contribution in [3.8, 4) is 5.75 Å². The van der Waals surface area contributed by atoms with E-state index >= 15 is 0 Å². The third-order valence-electron chi connectivity index (χ3n) is 14.8. The Kier molecular flexibility index (Phi) is 15.3. The maximum Gasteiger partial charge on any atom is 0.264 e. The van der Waals surface area contributed by atoms with Gasteiger partial charge >= 0.3 is 0 Å². The van der Waals surface area contributed by atoms with Gasteiger partial charge in [0.15, 0.2) is 0 Å². The maximum absolute atomic E-state index is 14.5. The van der Waals surface area contributed by atoms with Crippen LogP contribution in [-0.4, -0.2) is 135 Å². The van der Waals surface area contributed by atoms with Crippen LogP contribution in [0.2, 0.25) is 5.02 Å². The number of ether oxygens (including phenoxy) is 3. The van der Waals surface area contributed by atoms with Crippen LogP contribution in [-0.2, 0) is 46.8 Å². The lowest BCUT2D eigenvalue weighted by Gasteiger charge is -2.53. The van der Waals surface area contributed by atoms with Crippen LogP contribution in [0.4, 0.5) is 5.69 Å². The number of piperidine rings is 1. The highest BCUT2D eigenvalue weighted by atomic mass is 35.5. The maximum atomic E-state index is 14.5. The number of allylic oxidation sites excluding steroid dienone is 1. The van der Waals surface area contributed by atoms with Crippen molar-refractivity contribution in [2.45, 2.75) is 101 Å². The number of nitrogens with one attached hydrogen (secondary N) is 2. The Bertz CT molecular complexity index is 2220. The fourth-order valence-electron chi connectivity index (χ4n) is 11.2. The number of benzene rings is 2. The second kappa shape index (κ2) is 20.6. The normalized spacial score (nSPS) is 31.4. The van der Waals surface area contributed by atoms with Gasteiger partial charge in [0.25, 0.3) is 16.0 Å². The number of rotatable bonds is 8. The van der Waals surface area contributed by atoms with E-state index in [-0.39, 0.29) is 37.0 Å². The third kappa shape index (κ3) is 11.1. The third-order valence-corrected chi connectivity index (χ3v) is 17.6. The Morgan fingerprint density at radius 2 is 1.84 bits per heavy atom. The molecule has 6 aliphatic rings. The molecule has 5 heterocycles. The molecule has 4 fully saturated rings. The fraction of sp³-hybridized carbons (Fsp3) is 0.681. The molecule has 14 nitrogen and oxygen atoms in total. The van der Waals surface area contributed by atoms with Gasteiger partial charge in [0.1, 0.15) is 18.0 Å². The van der Waals surface area contributed by atoms with Crippen LogP contribution < -0.4 is 19.7 Å². The Balaban J connectivity index is 1.23. The molecule has 2 bridgehead atoms. The number of carbonyl (C=O) groups is 1. The summed E-state index contributed by atoms with van der Waals surface area (Å²) < 4.78 is 80.7. The van der Waals surface area contributed by atoms with E-state index in [1.54, 1.807) is 12.1 Å². The zero-order chi connectivity index (χ0) is 45.1. The molecule has 1 aliphatic carbocycles. The van der Waals surface area contributed by atoms with Crippen molar-refractivity contribution >= 4 is 43.3 Å². The highest BCUT2D eigenvalue weighted by Crippen LogP contribution is 2.48. The molecule has 2 aromatic carbocycles. The van der Waals surface area contributed by atoms with Crippen molar-refractivity contribution in [1.82, 2.24) is 19.8 Å². The molecule has 1 amide bonds. The molecule has 17 heteroatoms. The van der Waals surface area contributed by atoms with Crippen LogP contribution in [0.5, 0.6) is 5.75 Å². The smallest absolute Gasteiger partial charge is 0.264 e. The first-order valence-corrected chi connectivity index (χ1v) is 27.2. The largest absolute Gasteiger partial charge is 0.486 e. The standard InChI is InChI=1S/C47H68ClN5O9S2/c1-33-9-8-17-47(59-2,32-51-21-22-52-19-7-5-11-39(52)30-51)41-15-13-35(41)29-53-20-6-4-10-34-25-38(48)14-12-36(34)31-61-45-40(43-28-49-18-24-60-43)26-37(27-42(45)53)46(54)50-64(57,58)44(33)16-23-62-63(3,55)56/h8,12,14,17,25-27,33,35,39,41,43-44,49H,4-7,9-11,13,15-16,18-24,28-32H2,1-3H3,(H,50,54)/b17-8+/t33-,35-,39+,41+,43?,44+,47-/m0/s1. The van der Waals surface area contributed by atoms with E-state index in [2.05, 4.69) is 36.9 Å². The molecule has 0 spiro atoms. The SMILES string of the molecule is CO[C@]1(CN2CCN3CCCC[C@@H]3C2)/C=C/C[C@H](C)[C@@H](CCOS(C)(=O)=O)S(=O)(=O)NC(=O)c2cc(C3CNCCO3)c3c(c2)N(CCCCc2cc(Cl)ccc2CO3)C[C@@H]2CC[C@H]21. The van der Waals surface area contributed by atoms with Crippen molar-refractivity contribution in [3.05, 3.63) is 69.8 Å². The van der Waals surface area contributed by atoms with Gasteiger partial charge < -0.3 is 24.4 Å². The van der Waals surface area contributed by atoms with Gasteiger partial charge in [0, 0.05) is 81.7 Å². The summed E-state index contributed by atoms with van der Waals surface area (Å²) in [6.45, 7) is 9.60. The topological polar surface area (TPSA) is 156 Å². The van der Waals surface area contributed by atoms with Gasteiger partial charge in [-0.05, 0) is 117 Å². The number of methoxy groups -OCH3 is 1. The molecule has 2 N–H and O–H groups in total. The first-order valence-electron chi connectivity index (χ1n) is 23.5. The number of anilines is 1. The first-order chi connectivity index (χ1) is 30.7. The Morgan fingerprint density at radius 1 is 1.00 bits per heavy atom. The summed E-state index contributed by atoms with van der Waals surface area (Å²) in [7, 11) is -6.40. The lowest BCUT2D eigenvalue weighted by atomic mass is 9.63. The lowest BCUT2D eigenvalue weighted by molar-refractivity contribution is -0.1000. The second-order valence-corrected chi connectivity index (χ2v) is 23.0. The van der Waals surface area contributed by atoms with Gasteiger partial charge in [-0.15, -0.1) is 0 Å². The summed E-state index contributed by atoms with van der Waals surface area (Å²) in [6, 6.07) is 9.97. The number of amides is 1. The average molecular weight is 947 g/mol. The molecule has 8 rings (SSSR count). The Labute approximate surface area is 385 Å². The van der Waals surface area contributed by atoms with E-state index in [4.69, 9.17) is 30.0 Å². The van der Waals surface area contributed by atoms with Crippen LogP contribution in [0.25, 0.3) is 0 Å². The zero-order valence-electron chi connectivity index (χ0n) is 37.8. The predicted octanol–water partition coefficient (Wildman–Crippen LogP) is 5.69. The van der Waals surface area contributed by atoms with E-state index in [9.17, 15) is 21.6 Å². The number of halogens is 1. The van der Waals surface area contributed by atoms with Gasteiger partial charge in [-0.1, -0.05) is 43.2 Å². The number of hydrogen-bond donors (Lipinski definition) is 2. The molecular weight excluding hydrogens is 878 g/mol. The summed E-state index contributed by atoms with van der Waals surface area (Å²) in [5, 5.41) is 2.96. The quantitative estimate of drug-likeness (QED) is 0.246. The fourth-order valence-corrected chi connectivity index (χ4v) is 13.4. The summed E-state index contributed by atoms with van der Waals surface area (Å²) in [5.41, 5.74) is 3.09. The number of piperazine rings is 1. The van der Waals surface area contributed by atoms with Gasteiger partial charge in [-0.25, -0.2) is 13.1 Å². The highest BCUT2D eigenvalue weighted by molar-refractivity contribution is 7.90. The van der Waals surface area contributed by atoms with Gasteiger partial charge in [-0.3, -0.25) is 18.8 Å². The van der Waals surface area contributed by atoms with Crippen LogP contribution in [0.1, 0.15) is 97.9 Å². The number of morpholine rings is 1. The van der Waals surface area contributed by atoms with Crippen LogP contribution in [0.15, 0.2) is 42.5 Å². The average Bonchev–Trinajstić information content (AvgIpc) is 3.28. The lowest BCUT2D eigenvalue weighted by Crippen LogP contribution is -2.61. The van der Waals surface area contributed by atoms with Crippen molar-refractivity contribution < 1.29 is 40.0 Å². The van der Waals surface area contributed by atoms with E-state index in [1.807, 2.05) is 32.2 Å². The molecule has 3 saturated heterocycles. The van der Waals surface area contributed by atoms with E-state index in [1.165, 1.54) is 19.3 Å². The molecule has 1 saturated carbocycles. The van der Waals surface area contributed by atoms with Gasteiger partial charge in [0.2, 0.25) is 10.0 Å². The number of carbonyl (C=O) groups excluding carboxylic acids is 1. The first kappa shape index (κ1) is 47.7. The molecule has 0 aromatic heterocycles. The Hall–Kier alpha value is -2.80. The number of nitrogens with zero attached hydrogens (tertiary/aromatic N) is 3. The molecule has 7 atom stereocenters. The molecular formula is C47H68ClN5O9S2. The summed E-state index contributed by atoms with van der Waals surface area (Å²) >= 11 is 6.53. The van der Waals surface area contributed by atoms with E-state index in [0.717, 1.165) is 87.9 Å². The number of hydrogen-bond acceptors (Lipinski definition) is 13. The molecule has 354 valence electrons. The van der Waals surface area contributed by atoms with Crippen molar-refractivity contribution in [2.24, 2.45) is 17.8 Å². The van der Waals surface area contributed by atoms with Crippen LogP contribution >= 0.6 is 11.6 Å².